The third-order valence-corrected chi connectivity index (χ3v) is 7.89. The van der Waals surface area contributed by atoms with Crippen LogP contribution in [0.3, 0.4) is 0 Å². The third kappa shape index (κ3) is 6.27. The van der Waals surface area contributed by atoms with Gasteiger partial charge in [0.1, 0.15) is 11.8 Å². The summed E-state index contributed by atoms with van der Waals surface area (Å²) in [5.74, 6) is 0.454. The molecule has 0 saturated heterocycles. The largest absolute Gasteiger partial charge is 0.494 e. The first kappa shape index (κ1) is 24.5. The molecule has 1 aliphatic rings. The number of rotatable bonds is 10. The highest BCUT2D eigenvalue weighted by molar-refractivity contribution is 7.10. The maximum atomic E-state index is 13.9. The summed E-state index contributed by atoms with van der Waals surface area (Å²) < 4.78 is 5.92. The van der Waals surface area contributed by atoms with E-state index in [1.165, 1.54) is 6.42 Å². The highest BCUT2D eigenvalue weighted by atomic mass is 32.1. The van der Waals surface area contributed by atoms with Crippen molar-refractivity contribution in [3.63, 3.8) is 0 Å². The Morgan fingerprint density at radius 2 is 1.71 bits per heavy atom. The smallest absolute Gasteiger partial charge is 0.247 e. The minimum Gasteiger partial charge on any atom is -0.494 e. The van der Waals surface area contributed by atoms with Gasteiger partial charge in [-0.2, -0.15) is 0 Å². The van der Waals surface area contributed by atoms with Gasteiger partial charge in [0.2, 0.25) is 11.8 Å². The number of hydrogen-bond acceptors (Lipinski definition) is 5. The van der Waals surface area contributed by atoms with E-state index < -0.39 is 6.04 Å². The summed E-state index contributed by atoms with van der Waals surface area (Å²) in [6, 6.07) is 14.9. The van der Waals surface area contributed by atoms with Crippen LogP contribution in [0.4, 0.5) is 0 Å². The van der Waals surface area contributed by atoms with Crippen LogP contribution < -0.4 is 10.1 Å². The second-order valence-corrected chi connectivity index (χ2v) is 10.6. The van der Waals surface area contributed by atoms with Gasteiger partial charge in [-0.05, 0) is 48.7 Å². The Labute approximate surface area is 209 Å². The fraction of sp³-hybridized carbons (Fsp3) is 0.407. The van der Waals surface area contributed by atoms with Gasteiger partial charge in [-0.25, -0.2) is 0 Å². The predicted octanol–water partition coefficient (Wildman–Crippen LogP) is 5.97. The minimum absolute atomic E-state index is 0.0639. The summed E-state index contributed by atoms with van der Waals surface area (Å²) in [7, 11) is 0. The molecule has 0 radical (unpaired) electrons. The van der Waals surface area contributed by atoms with Crippen LogP contribution in [0.2, 0.25) is 0 Å². The molecule has 2 amide bonds. The zero-order chi connectivity index (χ0) is 23.8. The fourth-order valence-corrected chi connectivity index (χ4v) is 5.93. The first-order valence-electron chi connectivity index (χ1n) is 12.0. The third-order valence-electron chi connectivity index (χ3n) is 6.16. The lowest BCUT2D eigenvalue weighted by Gasteiger charge is -2.34. The highest BCUT2D eigenvalue weighted by Crippen LogP contribution is 2.33. The Morgan fingerprint density at radius 1 is 1.00 bits per heavy atom. The number of ether oxygens (including phenoxy) is 1. The molecule has 34 heavy (non-hydrogen) atoms. The summed E-state index contributed by atoms with van der Waals surface area (Å²) in [5.41, 5.74) is 0.730. The van der Waals surface area contributed by atoms with E-state index in [1.54, 1.807) is 27.6 Å². The minimum atomic E-state index is -0.765. The second kappa shape index (κ2) is 12.2. The molecule has 1 aliphatic carbocycles. The average Bonchev–Trinajstić information content (AvgIpc) is 3.55. The molecular formula is C27H32N2O3S2. The van der Waals surface area contributed by atoms with Crippen LogP contribution in [0.15, 0.2) is 59.3 Å². The zero-order valence-electron chi connectivity index (χ0n) is 19.6. The van der Waals surface area contributed by atoms with Crippen molar-refractivity contribution >= 4 is 34.5 Å². The van der Waals surface area contributed by atoms with Crippen LogP contribution in [0, 0.1) is 0 Å². The van der Waals surface area contributed by atoms with Crippen LogP contribution >= 0.6 is 22.7 Å². The predicted molar refractivity (Wildman–Crippen MR) is 138 cm³/mol. The van der Waals surface area contributed by atoms with E-state index in [-0.39, 0.29) is 24.3 Å². The number of benzene rings is 1. The van der Waals surface area contributed by atoms with Gasteiger partial charge >= 0.3 is 0 Å². The number of hydrogen-bond donors (Lipinski definition) is 1. The van der Waals surface area contributed by atoms with Crippen LogP contribution in [0.1, 0.15) is 60.4 Å². The second-order valence-electron chi connectivity index (χ2n) is 8.57. The van der Waals surface area contributed by atoms with Crippen LogP contribution in [-0.2, 0) is 22.6 Å². The first-order valence-corrected chi connectivity index (χ1v) is 13.8. The lowest BCUT2D eigenvalue weighted by Crippen LogP contribution is -2.47. The molecule has 0 unspecified atom stereocenters. The van der Waals surface area contributed by atoms with Crippen molar-refractivity contribution in [1.82, 2.24) is 10.2 Å². The standard InChI is InChI=1S/C27H32N2O3S2/c1-2-32-24-15-7-6-14-23(24)26(27(31)28-20-10-4-3-5-11-20)29(19-22-13-9-17-34-22)25(30)18-21-12-8-16-33-21/h6-9,12-17,20,26H,2-5,10-11,18-19H2,1H3,(H,28,31)/t26-/m0/s1. The van der Waals surface area contributed by atoms with Gasteiger partial charge in [0.05, 0.1) is 19.6 Å². The molecule has 7 heteroatoms. The quantitative estimate of drug-likeness (QED) is 0.376. The lowest BCUT2D eigenvalue weighted by molar-refractivity contribution is -0.141. The zero-order valence-corrected chi connectivity index (χ0v) is 21.2. The van der Waals surface area contributed by atoms with Gasteiger partial charge in [0.25, 0.3) is 0 Å². The van der Waals surface area contributed by atoms with Gasteiger partial charge < -0.3 is 15.0 Å². The average molecular weight is 497 g/mol. The molecule has 1 fully saturated rings. The summed E-state index contributed by atoms with van der Waals surface area (Å²) in [5, 5.41) is 7.26. The topological polar surface area (TPSA) is 58.6 Å². The summed E-state index contributed by atoms with van der Waals surface area (Å²) in [6.45, 7) is 2.80. The van der Waals surface area contributed by atoms with Crippen molar-refractivity contribution in [3.05, 3.63) is 74.6 Å². The van der Waals surface area contributed by atoms with E-state index in [0.29, 0.717) is 18.9 Å². The summed E-state index contributed by atoms with van der Waals surface area (Å²) in [4.78, 5) is 31.4. The molecule has 0 aliphatic heterocycles. The molecular weight excluding hydrogens is 464 g/mol. The lowest BCUT2D eigenvalue weighted by atomic mass is 9.94. The number of nitrogens with one attached hydrogen (secondary N) is 1. The van der Waals surface area contributed by atoms with Gasteiger partial charge in [-0.15, -0.1) is 22.7 Å². The van der Waals surface area contributed by atoms with Gasteiger partial charge in [0, 0.05) is 21.4 Å². The Hall–Kier alpha value is -2.64. The first-order chi connectivity index (χ1) is 16.7. The SMILES string of the molecule is CCOc1ccccc1[C@@H](C(=O)NC1CCCCC1)N(Cc1cccs1)C(=O)Cc1cccs1. The van der Waals surface area contributed by atoms with E-state index in [4.69, 9.17) is 4.74 Å². The molecule has 4 rings (SSSR count). The van der Waals surface area contributed by atoms with E-state index in [0.717, 1.165) is 41.0 Å². The highest BCUT2D eigenvalue weighted by Gasteiger charge is 2.35. The molecule has 1 aromatic carbocycles. The van der Waals surface area contributed by atoms with Crippen LogP contribution in [0.25, 0.3) is 0 Å². The molecule has 2 heterocycles. The molecule has 5 nitrogen and oxygen atoms in total. The molecule has 0 bridgehead atoms. The Bertz CT molecular complexity index is 1040. The van der Waals surface area contributed by atoms with Crippen molar-refractivity contribution in [2.45, 2.75) is 64.1 Å². The number of carbonyl (C=O) groups is 2. The monoisotopic (exact) mass is 496 g/mol. The van der Waals surface area contributed by atoms with Crippen molar-refractivity contribution in [1.29, 1.82) is 0 Å². The van der Waals surface area contributed by atoms with E-state index in [2.05, 4.69) is 5.32 Å². The van der Waals surface area contributed by atoms with Gasteiger partial charge in [-0.1, -0.05) is 49.6 Å². The molecule has 2 aromatic heterocycles. The van der Waals surface area contributed by atoms with Crippen molar-refractivity contribution in [3.8, 4) is 5.75 Å². The van der Waals surface area contributed by atoms with Gasteiger partial charge in [-0.3, -0.25) is 9.59 Å². The molecule has 0 spiro atoms. The van der Waals surface area contributed by atoms with E-state index in [1.807, 2.05) is 66.2 Å². The number of para-hydroxylation sites is 1. The maximum absolute atomic E-state index is 13.9. The van der Waals surface area contributed by atoms with E-state index in [9.17, 15) is 9.59 Å². The van der Waals surface area contributed by atoms with Crippen molar-refractivity contribution < 1.29 is 14.3 Å². The normalized spacial score (nSPS) is 15.0. The molecule has 1 N–H and O–H groups in total. The number of carbonyl (C=O) groups excluding carboxylic acids is 2. The van der Waals surface area contributed by atoms with Crippen molar-refractivity contribution in [2.75, 3.05) is 6.61 Å². The Morgan fingerprint density at radius 3 is 2.38 bits per heavy atom. The Balaban J connectivity index is 1.71. The maximum Gasteiger partial charge on any atom is 0.247 e. The molecule has 3 aromatic rings. The van der Waals surface area contributed by atoms with Crippen LogP contribution in [-0.4, -0.2) is 29.4 Å². The Kier molecular flexibility index (Phi) is 8.77. The molecule has 1 atom stereocenters. The number of thiophene rings is 2. The summed E-state index contributed by atoms with van der Waals surface area (Å²) in [6.07, 6.45) is 5.71. The number of amides is 2. The van der Waals surface area contributed by atoms with Crippen LogP contribution in [0.5, 0.6) is 5.75 Å². The molecule has 180 valence electrons. The summed E-state index contributed by atoms with van der Waals surface area (Å²) >= 11 is 3.16. The molecule has 1 saturated carbocycles. The van der Waals surface area contributed by atoms with E-state index >= 15 is 0 Å². The van der Waals surface area contributed by atoms with Crippen molar-refractivity contribution in [2.24, 2.45) is 0 Å². The fourth-order valence-electron chi connectivity index (χ4n) is 4.53. The van der Waals surface area contributed by atoms with Gasteiger partial charge in [0.15, 0.2) is 0 Å². The number of nitrogens with zero attached hydrogens (tertiary/aromatic N) is 1.